The molecule has 0 saturated carbocycles. The highest BCUT2D eigenvalue weighted by atomic mass is 32.1. The minimum absolute atomic E-state index is 0.0305. The van der Waals surface area contributed by atoms with Gasteiger partial charge in [0.2, 0.25) is 0 Å². The average Bonchev–Trinajstić information content (AvgIpc) is 3.41. The maximum Gasteiger partial charge on any atom is 0.270 e. The van der Waals surface area contributed by atoms with Gasteiger partial charge in [-0.3, -0.25) is 9.59 Å². The Kier molecular flexibility index (Phi) is 6.00. The summed E-state index contributed by atoms with van der Waals surface area (Å²) in [4.78, 5) is 31.6. The van der Waals surface area contributed by atoms with Crippen LogP contribution in [0.1, 0.15) is 44.5 Å². The number of rotatable bonds is 4. The van der Waals surface area contributed by atoms with Crippen molar-refractivity contribution in [2.45, 2.75) is 33.4 Å². The minimum atomic E-state index is -0.0483. The van der Waals surface area contributed by atoms with Crippen LogP contribution < -0.4 is 0 Å². The molecule has 6 heteroatoms. The van der Waals surface area contributed by atoms with Crippen LogP contribution in [0.2, 0.25) is 0 Å². The molecule has 1 aliphatic rings. The Morgan fingerprint density at radius 3 is 2.47 bits per heavy atom. The number of benzene rings is 2. The van der Waals surface area contributed by atoms with E-state index in [4.69, 9.17) is 0 Å². The molecule has 0 N–H and O–H groups in total. The summed E-state index contributed by atoms with van der Waals surface area (Å²) in [5.41, 5.74) is 4.94. The van der Waals surface area contributed by atoms with Crippen LogP contribution in [0.4, 0.5) is 0 Å². The van der Waals surface area contributed by atoms with Gasteiger partial charge in [-0.2, -0.15) is 0 Å². The van der Waals surface area contributed by atoms with Gasteiger partial charge >= 0.3 is 0 Å². The van der Waals surface area contributed by atoms with E-state index in [9.17, 15) is 9.59 Å². The van der Waals surface area contributed by atoms with Crippen LogP contribution in [0.5, 0.6) is 0 Å². The molecule has 0 bridgehead atoms. The minimum Gasteiger partial charge on any atom is -0.334 e. The Morgan fingerprint density at radius 1 is 0.941 bits per heavy atom. The van der Waals surface area contributed by atoms with Crippen LogP contribution >= 0.6 is 11.3 Å². The van der Waals surface area contributed by atoms with E-state index in [0.29, 0.717) is 37.4 Å². The maximum atomic E-state index is 13.7. The van der Waals surface area contributed by atoms with Gasteiger partial charge in [0, 0.05) is 43.2 Å². The molecule has 4 aromatic rings. The fraction of sp³-hybridized carbons (Fsp3) is 0.286. The summed E-state index contributed by atoms with van der Waals surface area (Å²) < 4.78 is 2.14. The molecule has 1 aliphatic heterocycles. The zero-order valence-corrected chi connectivity index (χ0v) is 20.6. The Labute approximate surface area is 204 Å². The topological polar surface area (TPSA) is 45.6 Å². The van der Waals surface area contributed by atoms with Crippen molar-refractivity contribution >= 4 is 33.4 Å². The molecule has 174 valence electrons. The number of aryl methyl sites for hydroxylation is 2. The maximum absolute atomic E-state index is 13.7. The van der Waals surface area contributed by atoms with E-state index in [1.165, 1.54) is 11.1 Å². The summed E-state index contributed by atoms with van der Waals surface area (Å²) in [5, 5.41) is 3.17. The van der Waals surface area contributed by atoms with Gasteiger partial charge in [-0.05, 0) is 56.0 Å². The van der Waals surface area contributed by atoms with Crippen LogP contribution in [0.25, 0.3) is 10.2 Å². The lowest BCUT2D eigenvalue weighted by atomic mass is 10.1. The third kappa shape index (κ3) is 4.26. The molecule has 2 amide bonds. The summed E-state index contributed by atoms with van der Waals surface area (Å²) in [6.45, 7) is 8.38. The molecule has 2 aromatic carbocycles. The number of thiophene rings is 1. The van der Waals surface area contributed by atoms with Crippen LogP contribution in [0.3, 0.4) is 0 Å². The monoisotopic (exact) mass is 471 g/mol. The molecule has 1 fully saturated rings. The molecular weight excluding hydrogens is 442 g/mol. The first-order chi connectivity index (χ1) is 16.4. The predicted octanol–water partition coefficient (Wildman–Crippen LogP) is 5.35. The van der Waals surface area contributed by atoms with Gasteiger partial charge in [0.25, 0.3) is 11.8 Å². The summed E-state index contributed by atoms with van der Waals surface area (Å²) in [7, 11) is 0. The molecule has 0 spiro atoms. The second kappa shape index (κ2) is 9.11. The smallest absolute Gasteiger partial charge is 0.270 e. The Morgan fingerprint density at radius 2 is 1.74 bits per heavy atom. The molecule has 34 heavy (non-hydrogen) atoms. The highest BCUT2D eigenvalue weighted by Crippen LogP contribution is 2.28. The van der Waals surface area contributed by atoms with Crippen molar-refractivity contribution in [1.29, 1.82) is 0 Å². The zero-order valence-electron chi connectivity index (χ0n) is 19.8. The summed E-state index contributed by atoms with van der Waals surface area (Å²) in [6.07, 6.45) is 0. The van der Waals surface area contributed by atoms with E-state index in [1.54, 1.807) is 11.3 Å². The number of hydrogen-bond acceptors (Lipinski definition) is 3. The fourth-order valence-electron chi connectivity index (χ4n) is 4.77. The molecule has 2 aromatic heterocycles. The Balaban J connectivity index is 1.36. The van der Waals surface area contributed by atoms with Crippen molar-refractivity contribution in [1.82, 2.24) is 14.4 Å². The lowest BCUT2D eigenvalue weighted by Crippen LogP contribution is -2.55. The standard InChI is InChI=1S/C28H29N3O2S/c1-19-7-9-23(10-8-19)26(32)30-13-12-29(17-21(30)3)27(33)25-16-24-11-14-34-28(24)31(25)18-22-6-4-5-20(2)15-22/h4-11,14-16,21H,12-13,17-18H2,1-3H3. The molecular formula is C28H29N3O2S. The number of carbonyl (C=O) groups is 2. The van der Waals surface area contributed by atoms with Crippen molar-refractivity contribution in [2.24, 2.45) is 0 Å². The first kappa shape index (κ1) is 22.4. The zero-order chi connectivity index (χ0) is 23.8. The van der Waals surface area contributed by atoms with Crippen molar-refractivity contribution in [3.63, 3.8) is 0 Å². The number of amides is 2. The molecule has 5 rings (SSSR count). The van der Waals surface area contributed by atoms with E-state index in [1.807, 2.05) is 54.0 Å². The quantitative estimate of drug-likeness (QED) is 0.403. The van der Waals surface area contributed by atoms with Crippen molar-refractivity contribution < 1.29 is 9.59 Å². The van der Waals surface area contributed by atoms with Gasteiger partial charge in [0.1, 0.15) is 10.5 Å². The van der Waals surface area contributed by atoms with Crippen molar-refractivity contribution in [3.8, 4) is 0 Å². The van der Waals surface area contributed by atoms with Crippen LogP contribution in [0, 0.1) is 13.8 Å². The number of aromatic nitrogens is 1. The van der Waals surface area contributed by atoms with Crippen LogP contribution in [0.15, 0.2) is 66.0 Å². The fourth-order valence-corrected chi connectivity index (χ4v) is 5.67. The van der Waals surface area contributed by atoms with E-state index in [-0.39, 0.29) is 17.9 Å². The molecule has 1 atom stereocenters. The number of nitrogens with zero attached hydrogens (tertiary/aromatic N) is 3. The lowest BCUT2D eigenvalue weighted by Gasteiger charge is -2.40. The summed E-state index contributed by atoms with van der Waals surface area (Å²) >= 11 is 1.67. The lowest BCUT2D eigenvalue weighted by molar-refractivity contribution is 0.0409. The molecule has 1 saturated heterocycles. The van der Waals surface area contributed by atoms with E-state index < -0.39 is 0 Å². The predicted molar refractivity (Wildman–Crippen MR) is 138 cm³/mol. The Bertz CT molecular complexity index is 1350. The molecule has 0 aliphatic carbocycles. The largest absolute Gasteiger partial charge is 0.334 e. The average molecular weight is 472 g/mol. The highest BCUT2D eigenvalue weighted by Gasteiger charge is 2.32. The summed E-state index contributed by atoms with van der Waals surface area (Å²) in [6, 6.07) is 20.2. The number of piperazine rings is 1. The van der Waals surface area contributed by atoms with Gasteiger partial charge in [-0.1, -0.05) is 47.5 Å². The van der Waals surface area contributed by atoms with Crippen LogP contribution in [-0.4, -0.2) is 51.9 Å². The van der Waals surface area contributed by atoms with Crippen molar-refractivity contribution in [3.05, 3.63) is 94.0 Å². The van der Waals surface area contributed by atoms with Gasteiger partial charge in [0.15, 0.2) is 0 Å². The number of fused-ring (bicyclic) bond motifs is 1. The first-order valence-corrected chi connectivity index (χ1v) is 12.6. The Hall–Kier alpha value is -3.38. The molecule has 0 radical (unpaired) electrons. The van der Waals surface area contributed by atoms with Gasteiger partial charge in [0.05, 0.1) is 0 Å². The van der Waals surface area contributed by atoms with E-state index >= 15 is 0 Å². The second-order valence-electron chi connectivity index (χ2n) is 9.25. The van der Waals surface area contributed by atoms with Gasteiger partial charge in [-0.25, -0.2) is 0 Å². The third-order valence-corrected chi connectivity index (χ3v) is 7.57. The molecule has 3 heterocycles. The first-order valence-electron chi connectivity index (χ1n) is 11.7. The van der Waals surface area contributed by atoms with Crippen molar-refractivity contribution in [2.75, 3.05) is 19.6 Å². The number of carbonyl (C=O) groups excluding carboxylic acids is 2. The summed E-state index contributed by atoms with van der Waals surface area (Å²) in [5.74, 6) is 0.0632. The highest BCUT2D eigenvalue weighted by molar-refractivity contribution is 7.16. The third-order valence-electron chi connectivity index (χ3n) is 6.62. The second-order valence-corrected chi connectivity index (χ2v) is 10.1. The van der Waals surface area contributed by atoms with Gasteiger partial charge in [-0.15, -0.1) is 11.3 Å². The molecule has 5 nitrogen and oxygen atoms in total. The van der Waals surface area contributed by atoms with Gasteiger partial charge < -0.3 is 14.4 Å². The van der Waals surface area contributed by atoms with Crippen LogP contribution in [-0.2, 0) is 6.54 Å². The SMILES string of the molecule is Cc1ccc(C(=O)N2CCN(C(=O)c3cc4ccsc4n3Cc3cccc(C)c3)CC2C)cc1. The number of hydrogen-bond donors (Lipinski definition) is 0. The normalized spacial score (nSPS) is 16.3. The molecule has 1 unspecified atom stereocenters. The van der Waals surface area contributed by atoms with E-state index in [2.05, 4.69) is 47.2 Å². The van der Waals surface area contributed by atoms with E-state index in [0.717, 1.165) is 15.8 Å².